The van der Waals surface area contributed by atoms with E-state index < -0.39 is 85.7 Å². The van der Waals surface area contributed by atoms with Crippen molar-refractivity contribution in [1.82, 2.24) is 0 Å². The first-order valence-electron chi connectivity index (χ1n) is 15.5. The second kappa shape index (κ2) is 18.8. The fourth-order valence-electron chi connectivity index (χ4n) is 4.95. The van der Waals surface area contributed by atoms with E-state index in [0.717, 1.165) is 28.4 Å². The van der Waals surface area contributed by atoms with Crippen LogP contribution in [0.2, 0.25) is 0 Å². The van der Waals surface area contributed by atoms with E-state index >= 15 is 0 Å². The van der Waals surface area contributed by atoms with Gasteiger partial charge in [0.25, 0.3) is 0 Å². The molecule has 0 amide bonds. The summed E-state index contributed by atoms with van der Waals surface area (Å²) >= 11 is 0. The van der Waals surface area contributed by atoms with Crippen molar-refractivity contribution in [3.63, 3.8) is 0 Å². The van der Waals surface area contributed by atoms with E-state index in [9.17, 15) is 48.3 Å². The zero-order valence-electron chi connectivity index (χ0n) is 29.5. The average molecular weight is 844 g/mol. The molecule has 0 heterocycles. The maximum absolute atomic E-state index is 14.4. The third kappa shape index (κ3) is 9.74. The van der Waals surface area contributed by atoms with Gasteiger partial charge in [-0.3, -0.25) is 4.55 Å². The van der Waals surface area contributed by atoms with Crippen LogP contribution in [0, 0.1) is 0 Å². The van der Waals surface area contributed by atoms with Crippen LogP contribution >= 0.6 is 0 Å². The average Bonchev–Trinajstić information content (AvgIpc) is 3.14. The fourth-order valence-corrected chi connectivity index (χ4v) is 8.54. The molecular formula is C35H37F6O11S3+. The van der Waals surface area contributed by atoms with Crippen LogP contribution < -0.4 is 4.18 Å². The van der Waals surface area contributed by atoms with Crippen LogP contribution in [-0.4, -0.2) is 71.4 Å². The first kappa shape index (κ1) is 45.5. The predicted molar refractivity (Wildman–Crippen MR) is 188 cm³/mol. The molecule has 0 saturated carbocycles. The zero-order chi connectivity index (χ0) is 41.2. The first-order chi connectivity index (χ1) is 25.8. The monoisotopic (exact) mass is 843 g/mol. The number of alkyl halides is 6. The van der Waals surface area contributed by atoms with Crippen LogP contribution in [0.1, 0.15) is 22.3 Å². The summed E-state index contributed by atoms with van der Waals surface area (Å²) in [7, 11) is -10.2. The summed E-state index contributed by atoms with van der Waals surface area (Å²) in [5.74, 6) is -9.05. The molecule has 0 aromatic heterocycles. The van der Waals surface area contributed by atoms with Crippen LogP contribution in [0.25, 0.3) is 0 Å². The molecule has 0 fully saturated rings. The number of aromatic hydroxyl groups is 1. The number of phenols is 1. The van der Waals surface area contributed by atoms with Crippen molar-refractivity contribution < 1.29 is 76.0 Å². The maximum Gasteiger partial charge on any atom is 0.450 e. The molecule has 4 aromatic rings. The fraction of sp³-hybridized carbons (Fsp3) is 0.314. The quantitative estimate of drug-likeness (QED) is 0.0481. The Morgan fingerprint density at radius 1 is 0.545 bits per heavy atom. The van der Waals surface area contributed by atoms with E-state index in [1.807, 2.05) is 0 Å². The van der Waals surface area contributed by atoms with Crippen LogP contribution in [0.4, 0.5) is 26.3 Å². The van der Waals surface area contributed by atoms with Crippen molar-refractivity contribution in [2.75, 3.05) is 28.4 Å². The van der Waals surface area contributed by atoms with E-state index in [-0.39, 0.29) is 22.0 Å². The number of methoxy groups -OCH3 is 4. The van der Waals surface area contributed by atoms with Crippen molar-refractivity contribution in [3.05, 3.63) is 113 Å². The van der Waals surface area contributed by atoms with Crippen molar-refractivity contribution >= 4 is 31.1 Å². The Bertz CT molecular complexity index is 1940. The molecule has 2 N–H and O–H groups in total. The smallest absolute Gasteiger partial charge is 0.450 e. The second-order valence-corrected chi connectivity index (χ2v) is 16.3. The summed E-state index contributed by atoms with van der Waals surface area (Å²) in [6, 6.07) is 32.2. The van der Waals surface area contributed by atoms with E-state index in [1.54, 1.807) is 0 Å². The maximum atomic E-state index is 14.4. The lowest BCUT2D eigenvalue weighted by atomic mass is 9.96. The lowest BCUT2D eigenvalue weighted by Gasteiger charge is -2.30. The zero-order valence-corrected chi connectivity index (χ0v) is 32.0. The molecule has 302 valence electrons. The van der Waals surface area contributed by atoms with Gasteiger partial charge in [-0.05, 0) is 36.4 Å². The number of hydrogen-bond donors (Lipinski definition) is 2. The third-order valence-corrected chi connectivity index (χ3v) is 11.9. The Kier molecular flexibility index (Phi) is 15.6. The number of rotatable bonds is 17. The molecule has 55 heavy (non-hydrogen) atoms. The highest BCUT2D eigenvalue weighted by Crippen LogP contribution is 2.52. The van der Waals surface area contributed by atoms with Gasteiger partial charge in [0.15, 0.2) is 20.4 Å². The van der Waals surface area contributed by atoms with Crippen molar-refractivity contribution in [2.24, 2.45) is 0 Å². The highest BCUT2D eigenvalue weighted by Gasteiger charge is 2.83. The minimum atomic E-state index is -7.23. The molecule has 0 atom stereocenters. The van der Waals surface area contributed by atoms with E-state index in [4.69, 9.17) is 23.5 Å². The van der Waals surface area contributed by atoms with E-state index in [2.05, 4.69) is 95.2 Å². The summed E-state index contributed by atoms with van der Waals surface area (Å²) < 4.78 is 162. The highest BCUT2D eigenvalue weighted by molar-refractivity contribution is 7.97. The van der Waals surface area contributed by atoms with E-state index in [1.165, 1.54) is 14.7 Å². The minimum absolute atomic E-state index is 0.0146. The van der Waals surface area contributed by atoms with Gasteiger partial charge in [-0.15, -0.1) is 0 Å². The molecule has 0 aliphatic rings. The third-order valence-electron chi connectivity index (χ3n) is 7.50. The molecule has 0 saturated heterocycles. The first-order valence-corrected chi connectivity index (χ1v) is 19.6. The molecule has 0 radical (unpaired) electrons. The number of phenolic OH excluding ortho intramolecular Hbond substituents is 1. The molecule has 4 rings (SSSR count). The molecule has 0 aliphatic carbocycles. The lowest BCUT2D eigenvalue weighted by molar-refractivity contribution is -0.247. The normalized spacial score (nSPS) is 12.7. The highest BCUT2D eigenvalue weighted by atomic mass is 32.2. The van der Waals surface area contributed by atoms with E-state index in [0.29, 0.717) is 0 Å². The molecule has 0 aliphatic heterocycles. The summed E-state index contributed by atoms with van der Waals surface area (Å²) in [5.41, 5.74) is -1.77. The predicted octanol–water partition coefficient (Wildman–Crippen LogP) is 7.18. The molecule has 0 unspecified atom stereocenters. The summed E-state index contributed by atoms with van der Waals surface area (Å²) in [6.45, 7) is -2.52. The van der Waals surface area contributed by atoms with Crippen LogP contribution in [-0.2, 0) is 76.5 Å². The number of halogens is 6. The molecule has 0 spiro atoms. The lowest BCUT2D eigenvalue weighted by Crippen LogP contribution is -2.61. The van der Waals surface area contributed by atoms with Crippen LogP contribution in [0.15, 0.2) is 106 Å². The number of ether oxygens (including phenoxy) is 4. The molecule has 0 bridgehead atoms. The Labute approximate surface area is 317 Å². The summed E-state index contributed by atoms with van der Waals surface area (Å²) in [4.78, 5) is 4.08. The van der Waals surface area contributed by atoms with Gasteiger partial charge >= 0.3 is 36.7 Å². The molecule has 11 nitrogen and oxygen atoms in total. The van der Waals surface area contributed by atoms with Gasteiger partial charge in [-0.25, -0.2) is 0 Å². The Balaban J connectivity index is 0.000000353. The van der Waals surface area contributed by atoms with Crippen molar-refractivity contribution in [2.45, 2.75) is 57.5 Å². The van der Waals surface area contributed by atoms with Gasteiger partial charge < -0.3 is 28.2 Å². The van der Waals surface area contributed by atoms with Gasteiger partial charge in [-0.1, -0.05) is 54.6 Å². The van der Waals surface area contributed by atoms with Gasteiger partial charge in [0.05, 0.1) is 37.3 Å². The Morgan fingerprint density at radius 2 is 0.855 bits per heavy atom. The topological polar surface area (TPSA) is 155 Å². The van der Waals surface area contributed by atoms with Crippen molar-refractivity contribution in [1.29, 1.82) is 0 Å². The molecular weight excluding hydrogens is 807 g/mol. The number of hydrogen-bond acceptors (Lipinski definition) is 10. The van der Waals surface area contributed by atoms with Gasteiger partial charge in [0.1, 0.15) is 5.75 Å². The largest absolute Gasteiger partial charge is 0.507 e. The van der Waals surface area contributed by atoms with Crippen LogP contribution in [0.3, 0.4) is 0 Å². The second-order valence-electron chi connectivity index (χ2n) is 11.2. The minimum Gasteiger partial charge on any atom is -0.507 e. The molecule has 4 aromatic carbocycles. The number of benzene rings is 4. The van der Waals surface area contributed by atoms with Gasteiger partial charge in [0.2, 0.25) is 0 Å². The van der Waals surface area contributed by atoms with Crippen molar-refractivity contribution in [3.8, 4) is 11.5 Å². The Hall–Kier alpha value is -3.89. The molecule has 20 heteroatoms. The standard InChI is InChI=1S/C18H15S.C17H22F6O11S2/c1-4-10-16(11-5-1)19(17-12-6-2-7-13-17)18-14-8-3-9-15-18;1-30-5-9-11(7-32-3)14(12(8-33-4)10(6-31-2)13(9)24)34-36(28,29)17(22,23)15(18,19)16(20,21)35(25,26)27/h1-15H;24H,5-8H2,1-4H3,(H,25,26,27)/q+1;. The van der Waals surface area contributed by atoms with Gasteiger partial charge in [0, 0.05) is 50.7 Å². The summed E-state index contributed by atoms with van der Waals surface area (Å²) in [5, 5.41) is -3.26. The van der Waals surface area contributed by atoms with Crippen LogP contribution in [0.5, 0.6) is 11.5 Å². The SMILES string of the molecule is COCc1c(O)c(COC)c(COC)c(OS(=O)(=O)C(F)(F)C(F)(F)C(F)(F)S(=O)(=O)O)c1COC.c1ccc([S+](c2ccccc2)c2ccccc2)cc1. The summed E-state index contributed by atoms with van der Waals surface area (Å²) in [6.07, 6.45) is 0. The Morgan fingerprint density at radius 3 is 1.15 bits per heavy atom. The van der Waals surface area contributed by atoms with Gasteiger partial charge in [-0.2, -0.15) is 43.2 Å².